The number of nitrogens with one attached hydrogen (secondary N) is 1. The van der Waals surface area contributed by atoms with Crippen molar-refractivity contribution in [3.63, 3.8) is 0 Å². The first-order valence-corrected chi connectivity index (χ1v) is 4.51. The second-order valence-corrected chi connectivity index (χ2v) is 3.01. The maximum absolute atomic E-state index is 5.25. The first-order chi connectivity index (χ1) is 6.90. The number of anilines is 2. The van der Waals surface area contributed by atoms with Crippen LogP contribution in [0.15, 0.2) is 12.4 Å². The van der Waals surface area contributed by atoms with Crippen LogP contribution in [-0.4, -0.2) is 36.3 Å². The molecule has 0 atom stereocenters. The Labute approximate surface area is 82.1 Å². The fourth-order valence-electron chi connectivity index (χ4n) is 1.37. The summed E-state index contributed by atoms with van der Waals surface area (Å²) in [7, 11) is 0. The van der Waals surface area contributed by atoms with Gasteiger partial charge in [0, 0.05) is 13.1 Å². The van der Waals surface area contributed by atoms with Crippen molar-refractivity contribution >= 4 is 11.6 Å². The lowest BCUT2D eigenvalue weighted by molar-refractivity contribution is 0.122. The molecule has 1 aliphatic rings. The van der Waals surface area contributed by atoms with Crippen molar-refractivity contribution in [2.24, 2.45) is 5.84 Å². The molecule has 1 saturated heterocycles. The van der Waals surface area contributed by atoms with Gasteiger partial charge in [-0.3, -0.25) is 4.98 Å². The van der Waals surface area contributed by atoms with Crippen LogP contribution in [0.25, 0.3) is 0 Å². The maximum atomic E-state index is 5.25. The van der Waals surface area contributed by atoms with Crippen molar-refractivity contribution in [1.82, 2.24) is 9.97 Å². The fourth-order valence-corrected chi connectivity index (χ4v) is 1.37. The van der Waals surface area contributed by atoms with Gasteiger partial charge in [0.05, 0.1) is 25.6 Å². The highest BCUT2D eigenvalue weighted by Crippen LogP contribution is 2.12. The van der Waals surface area contributed by atoms with E-state index in [-0.39, 0.29) is 0 Å². The number of nitrogens with zero attached hydrogens (tertiary/aromatic N) is 3. The Hall–Kier alpha value is -1.40. The molecule has 0 aliphatic carbocycles. The van der Waals surface area contributed by atoms with Gasteiger partial charge in [0.25, 0.3) is 0 Å². The Morgan fingerprint density at radius 3 is 2.86 bits per heavy atom. The van der Waals surface area contributed by atoms with Crippen LogP contribution < -0.4 is 16.2 Å². The van der Waals surface area contributed by atoms with Gasteiger partial charge in [-0.15, -0.1) is 0 Å². The van der Waals surface area contributed by atoms with Crippen LogP contribution in [0.3, 0.4) is 0 Å². The molecular weight excluding hydrogens is 182 g/mol. The first kappa shape index (κ1) is 9.17. The third-order valence-electron chi connectivity index (χ3n) is 2.10. The van der Waals surface area contributed by atoms with E-state index in [2.05, 4.69) is 20.3 Å². The van der Waals surface area contributed by atoms with Gasteiger partial charge in [-0.1, -0.05) is 0 Å². The summed E-state index contributed by atoms with van der Waals surface area (Å²) in [6.07, 6.45) is 3.32. The third kappa shape index (κ3) is 1.91. The number of ether oxygens (including phenoxy) is 1. The van der Waals surface area contributed by atoms with Crippen molar-refractivity contribution in [2.45, 2.75) is 0 Å². The van der Waals surface area contributed by atoms with Crippen LogP contribution in [0, 0.1) is 0 Å². The minimum atomic E-state index is 0.578. The molecule has 1 aromatic rings. The van der Waals surface area contributed by atoms with Gasteiger partial charge >= 0.3 is 0 Å². The fraction of sp³-hybridized carbons (Fsp3) is 0.500. The Balaban J connectivity index is 2.13. The smallest absolute Gasteiger partial charge is 0.160 e. The molecule has 0 bridgehead atoms. The van der Waals surface area contributed by atoms with Gasteiger partial charge in [0.15, 0.2) is 5.82 Å². The zero-order chi connectivity index (χ0) is 9.80. The zero-order valence-corrected chi connectivity index (χ0v) is 7.81. The second kappa shape index (κ2) is 4.21. The Bertz CT molecular complexity index is 300. The zero-order valence-electron chi connectivity index (χ0n) is 7.81. The van der Waals surface area contributed by atoms with Gasteiger partial charge in [-0.25, -0.2) is 10.8 Å². The predicted octanol–water partition coefficient (Wildman–Crippen LogP) is -0.401. The third-order valence-corrected chi connectivity index (χ3v) is 2.10. The number of hydrazine groups is 1. The number of morpholine rings is 1. The summed E-state index contributed by atoms with van der Waals surface area (Å²) in [5.41, 5.74) is 2.47. The number of hydrogen-bond acceptors (Lipinski definition) is 6. The largest absolute Gasteiger partial charge is 0.378 e. The van der Waals surface area contributed by atoms with E-state index in [4.69, 9.17) is 10.6 Å². The standard InChI is InChI=1S/C8H13N5O/c9-12-7-5-10-6-8(11-7)13-1-3-14-4-2-13/h5-6H,1-4,9H2,(H,11,12). The van der Waals surface area contributed by atoms with Crippen LogP contribution in [-0.2, 0) is 4.74 Å². The van der Waals surface area contributed by atoms with Crippen LogP contribution in [0.4, 0.5) is 11.6 Å². The highest BCUT2D eigenvalue weighted by molar-refractivity contribution is 5.43. The summed E-state index contributed by atoms with van der Waals surface area (Å²) in [6.45, 7) is 3.18. The molecule has 6 heteroatoms. The molecule has 0 spiro atoms. The summed E-state index contributed by atoms with van der Waals surface area (Å²) in [4.78, 5) is 10.5. The van der Waals surface area contributed by atoms with Crippen molar-refractivity contribution in [1.29, 1.82) is 0 Å². The van der Waals surface area contributed by atoms with Crippen LogP contribution in [0.2, 0.25) is 0 Å². The van der Waals surface area contributed by atoms with Gasteiger partial charge in [0.1, 0.15) is 5.82 Å². The van der Waals surface area contributed by atoms with Gasteiger partial charge < -0.3 is 15.1 Å². The van der Waals surface area contributed by atoms with Crippen LogP contribution in [0.5, 0.6) is 0 Å². The first-order valence-electron chi connectivity index (χ1n) is 4.51. The molecule has 0 aromatic carbocycles. The molecule has 1 aromatic heterocycles. The molecule has 76 valence electrons. The summed E-state index contributed by atoms with van der Waals surface area (Å²) in [5, 5.41) is 0. The molecule has 0 saturated carbocycles. The lowest BCUT2D eigenvalue weighted by atomic mass is 10.4. The van der Waals surface area contributed by atoms with E-state index in [0.29, 0.717) is 5.82 Å². The van der Waals surface area contributed by atoms with Crippen LogP contribution >= 0.6 is 0 Å². The topological polar surface area (TPSA) is 76.3 Å². The number of hydrogen-bond donors (Lipinski definition) is 2. The SMILES string of the molecule is NNc1cncc(N2CCOCC2)n1. The van der Waals surface area contributed by atoms with E-state index in [1.807, 2.05) is 0 Å². The van der Waals surface area contributed by atoms with E-state index in [9.17, 15) is 0 Å². The number of nitrogen functional groups attached to an aromatic ring is 1. The molecule has 1 fully saturated rings. The van der Waals surface area contributed by atoms with Gasteiger partial charge in [0.2, 0.25) is 0 Å². The highest BCUT2D eigenvalue weighted by Gasteiger charge is 2.12. The lowest BCUT2D eigenvalue weighted by Gasteiger charge is -2.27. The summed E-state index contributed by atoms with van der Waals surface area (Å²) in [5.74, 6) is 6.67. The molecule has 6 nitrogen and oxygen atoms in total. The van der Waals surface area contributed by atoms with E-state index < -0.39 is 0 Å². The monoisotopic (exact) mass is 195 g/mol. The molecule has 1 aliphatic heterocycles. The van der Waals surface area contributed by atoms with E-state index in [1.165, 1.54) is 0 Å². The van der Waals surface area contributed by atoms with Crippen molar-refractivity contribution in [3.8, 4) is 0 Å². The Morgan fingerprint density at radius 1 is 1.36 bits per heavy atom. The van der Waals surface area contributed by atoms with Crippen molar-refractivity contribution < 1.29 is 4.74 Å². The van der Waals surface area contributed by atoms with Crippen molar-refractivity contribution in [3.05, 3.63) is 12.4 Å². The molecular formula is C8H13N5O. The normalized spacial score (nSPS) is 16.8. The molecule has 2 heterocycles. The minimum Gasteiger partial charge on any atom is -0.378 e. The Morgan fingerprint density at radius 2 is 2.14 bits per heavy atom. The quantitative estimate of drug-likeness (QED) is 0.494. The second-order valence-electron chi connectivity index (χ2n) is 3.01. The summed E-state index contributed by atoms with van der Waals surface area (Å²) >= 11 is 0. The summed E-state index contributed by atoms with van der Waals surface area (Å²) in [6, 6.07) is 0. The Kier molecular flexibility index (Phi) is 2.76. The summed E-state index contributed by atoms with van der Waals surface area (Å²) < 4.78 is 5.25. The molecule has 0 amide bonds. The minimum absolute atomic E-state index is 0.578. The molecule has 14 heavy (non-hydrogen) atoms. The van der Waals surface area contributed by atoms with Gasteiger partial charge in [-0.2, -0.15) is 0 Å². The predicted molar refractivity (Wildman–Crippen MR) is 52.9 cm³/mol. The average molecular weight is 195 g/mol. The number of nitrogens with two attached hydrogens (primary N) is 1. The maximum Gasteiger partial charge on any atom is 0.160 e. The van der Waals surface area contributed by atoms with Gasteiger partial charge in [-0.05, 0) is 0 Å². The van der Waals surface area contributed by atoms with E-state index in [0.717, 1.165) is 32.1 Å². The highest BCUT2D eigenvalue weighted by atomic mass is 16.5. The number of rotatable bonds is 2. The average Bonchev–Trinajstić information content (AvgIpc) is 2.30. The van der Waals surface area contributed by atoms with E-state index >= 15 is 0 Å². The molecule has 2 rings (SSSR count). The van der Waals surface area contributed by atoms with Crippen LogP contribution in [0.1, 0.15) is 0 Å². The number of aromatic nitrogens is 2. The molecule has 0 unspecified atom stereocenters. The van der Waals surface area contributed by atoms with E-state index in [1.54, 1.807) is 12.4 Å². The van der Waals surface area contributed by atoms with Crippen molar-refractivity contribution in [2.75, 3.05) is 36.6 Å². The lowest BCUT2D eigenvalue weighted by Crippen LogP contribution is -2.36. The molecule has 3 N–H and O–H groups in total. The molecule has 0 radical (unpaired) electrons.